The van der Waals surface area contributed by atoms with Crippen molar-refractivity contribution in [2.45, 2.75) is 13.0 Å². The van der Waals surface area contributed by atoms with Crippen LogP contribution >= 0.6 is 23.2 Å². The Labute approximate surface area is 130 Å². The Kier molecular flexibility index (Phi) is 3.79. The van der Waals surface area contributed by atoms with Crippen LogP contribution in [0.4, 0.5) is 5.69 Å². The topological polar surface area (TPSA) is 84.7 Å². The van der Waals surface area contributed by atoms with E-state index < -0.39 is 0 Å². The fraction of sp³-hybridized carbons (Fsp3) is 0.333. The minimum absolute atomic E-state index is 0.143. The largest absolute Gasteiger partial charge is 0.318 e. The second kappa shape index (κ2) is 5.59. The van der Waals surface area contributed by atoms with E-state index in [4.69, 9.17) is 23.2 Å². The molecular weight excluding hydrogens is 315 g/mol. The smallest absolute Gasteiger partial charge is 0.277 e. The maximum atomic E-state index is 12.2. The first-order valence-corrected chi connectivity index (χ1v) is 7.06. The van der Waals surface area contributed by atoms with Gasteiger partial charge in [0.25, 0.3) is 5.91 Å². The van der Waals surface area contributed by atoms with Crippen LogP contribution < -0.4 is 10.6 Å². The highest BCUT2D eigenvalue weighted by Gasteiger charge is 2.22. The standard InChI is InChI=1S/C12H12Cl2N6O/c1-6-2-9(13)16-11(14)10(6)17-12(21)8-5-20(19-18-8)7-3-15-4-7/h2,5,7,15H,3-4H2,1H3,(H,17,21). The molecule has 1 aliphatic rings. The van der Waals surface area contributed by atoms with Gasteiger partial charge in [-0.3, -0.25) is 4.79 Å². The van der Waals surface area contributed by atoms with Crippen molar-refractivity contribution in [3.63, 3.8) is 0 Å². The van der Waals surface area contributed by atoms with Gasteiger partial charge in [0.05, 0.1) is 17.9 Å². The van der Waals surface area contributed by atoms with E-state index in [9.17, 15) is 4.79 Å². The number of nitrogens with one attached hydrogen (secondary N) is 2. The van der Waals surface area contributed by atoms with Crippen LogP contribution in [0.1, 0.15) is 22.1 Å². The second-order valence-electron chi connectivity index (χ2n) is 4.78. The molecule has 0 unspecified atom stereocenters. The van der Waals surface area contributed by atoms with E-state index in [0.29, 0.717) is 5.69 Å². The minimum atomic E-state index is -0.386. The molecule has 9 heteroatoms. The number of aryl methyl sites for hydroxylation is 1. The van der Waals surface area contributed by atoms with E-state index >= 15 is 0 Å². The maximum absolute atomic E-state index is 12.2. The zero-order valence-corrected chi connectivity index (χ0v) is 12.6. The third-order valence-electron chi connectivity index (χ3n) is 3.26. The molecule has 0 aliphatic carbocycles. The number of anilines is 1. The zero-order valence-electron chi connectivity index (χ0n) is 11.1. The maximum Gasteiger partial charge on any atom is 0.277 e. The highest BCUT2D eigenvalue weighted by Crippen LogP contribution is 2.26. The summed E-state index contributed by atoms with van der Waals surface area (Å²) in [6, 6.07) is 1.88. The molecule has 0 saturated carbocycles. The first-order valence-electron chi connectivity index (χ1n) is 6.31. The number of rotatable bonds is 3. The lowest BCUT2D eigenvalue weighted by Crippen LogP contribution is -2.43. The summed E-state index contributed by atoms with van der Waals surface area (Å²) in [4.78, 5) is 16.1. The van der Waals surface area contributed by atoms with Crippen LogP contribution in [0.2, 0.25) is 10.3 Å². The van der Waals surface area contributed by atoms with E-state index in [0.717, 1.165) is 18.7 Å². The summed E-state index contributed by atoms with van der Waals surface area (Å²) in [5.74, 6) is -0.386. The molecular formula is C12H12Cl2N6O. The number of amides is 1. The first-order chi connectivity index (χ1) is 10.0. The number of halogens is 2. The molecule has 3 heterocycles. The molecule has 1 saturated heterocycles. The number of nitrogens with zero attached hydrogens (tertiary/aromatic N) is 4. The van der Waals surface area contributed by atoms with E-state index in [1.165, 1.54) is 0 Å². The third-order valence-corrected chi connectivity index (χ3v) is 3.72. The molecule has 2 N–H and O–H groups in total. The van der Waals surface area contributed by atoms with Crippen molar-refractivity contribution < 1.29 is 4.79 Å². The number of hydrogen-bond acceptors (Lipinski definition) is 5. The van der Waals surface area contributed by atoms with Gasteiger partial charge in [-0.2, -0.15) is 0 Å². The Bertz CT molecular complexity index is 674. The zero-order chi connectivity index (χ0) is 15.0. The molecule has 2 aromatic heterocycles. The molecule has 0 spiro atoms. The quantitative estimate of drug-likeness (QED) is 0.838. The predicted molar refractivity (Wildman–Crippen MR) is 78.9 cm³/mol. The average molecular weight is 327 g/mol. The Morgan fingerprint density at radius 2 is 2.24 bits per heavy atom. The number of hydrogen-bond donors (Lipinski definition) is 2. The Hall–Kier alpha value is -1.70. The number of pyridine rings is 1. The van der Waals surface area contributed by atoms with Crippen LogP contribution in [-0.4, -0.2) is 39.0 Å². The van der Waals surface area contributed by atoms with Gasteiger partial charge in [-0.15, -0.1) is 5.10 Å². The summed E-state index contributed by atoms with van der Waals surface area (Å²) in [6.07, 6.45) is 1.62. The third kappa shape index (κ3) is 2.85. The summed E-state index contributed by atoms with van der Waals surface area (Å²) in [5, 5.41) is 14.1. The molecule has 7 nitrogen and oxygen atoms in total. The first kappa shape index (κ1) is 14.2. The molecule has 0 aromatic carbocycles. The minimum Gasteiger partial charge on any atom is -0.318 e. The summed E-state index contributed by atoms with van der Waals surface area (Å²) in [6.45, 7) is 3.44. The molecule has 0 bridgehead atoms. The summed E-state index contributed by atoms with van der Waals surface area (Å²) in [7, 11) is 0. The van der Waals surface area contributed by atoms with E-state index in [-0.39, 0.29) is 27.9 Å². The highest BCUT2D eigenvalue weighted by atomic mass is 35.5. The van der Waals surface area contributed by atoms with E-state index in [1.807, 2.05) is 0 Å². The van der Waals surface area contributed by atoms with Crippen molar-refractivity contribution in [2.75, 3.05) is 18.4 Å². The molecule has 0 atom stereocenters. The summed E-state index contributed by atoms with van der Waals surface area (Å²) < 4.78 is 1.68. The van der Waals surface area contributed by atoms with Crippen LogP contribution in [0.15, 0.2) is 12.3 Å². The van der Waals surface area contributed by atoms with Crippen LogP contribution in [-0.2, 0) is 0 Å². The Morgan fingerprint density at radius 3 is 2.86 bits per heavy atom. The van der Waals surface area contributed by atoms with E-state index in [2.05, 4.69) is 25.9 Å². The van der Waals surface area contributed by atoms with Crippen molar-refractivity contribution in [3.8, 4) is 0 Å². The molecule has 2 aromatic rings. The van der Waals surface area contributed by atoms with Gasteiger partial charge in [-0.05, 0) is 18.6 Å². The van der Waals surface area contributed by atoms with Crippen molar-refractivity contribution >= 4 is 34.8 Å². The second-order valence-corrected chi connectivity index (χ2v) is 5.52. The normalized spacial score (nSPS) is 14.8. The lowest BCUT2D eigenvalue weighted by atomic mass is 10.2. The van der Waals surface area contributed by atoms with Crippen LogP contribution in [0.3, 0.4) is 0 Å². The lowest BCUT2D eigenvalue weighted by molar-refractivity contribution is 0.102. The van der Waals surface area contributed by atoms with Crippen molar-refractivity contribution in [1.29, 1.82) is 0 Å². The molecule has 0 radical (unpaired) electrons. The van der Waals surface area contributed by atoms with Crippen molar-refractivity contribution in [2.24, 2.45) is 0 Å². The molecule has 1 amide bonds. The molecule has 21 heavy (non-hydrogen) atoms. The van der Waals surface area contributed by atoms with Gasteiger partial charge >= 0.3 is 0 Å². The number of aromatic nitrogens is 4. The monoisotopic (exact) mass is 326 g/mol. The number of carbonyl (C=O) groups excluding carboxylic acids is 1. The number of carbonyl (C=O) groups is 1. The van der Waals surface area contributed by atoms with Crippen LogP contribution in [0.25, 0.3) is 0 Å². The molecule has 110 valence electrons. The molecule has 1 aliphatic heterocycles. The fourth-order valence-corrected chi connectivity index (χ4v) is 2.52. The van der Waals surface area contributed by atoms with Crippen molar-refractivity contribution in [1.82, 2.24) is 25.3 Å². The van der Waals surface area contributed by atoms with Gasteiger partial charge < -0.3 is 10.6 Å². The predicted octanol–water partition coefficient (Wildman–Crippen LogP) is 1.68. The van der Waals surface area contributed by atoms with Gasteiger partial charge in [0, 0.05) is 13.1 Å². The van der Waals surface area contributed by atoms with Gasteiger partial charge in [-0.25, -0.2) is 9.67 Å². The van der Waals surface area contributed by atoms with E-state index in [1.54, 1.807) is 23.9 Å². The van der Waals surface area contributed by atoms with Crippen LogP contribution in [0.5, 0.6) is 0 Å². The van der Waals surface area contributed by atoms with Crippen molar-refractivity contribution in [3.05, 3.63) is 33.8 Å². The molecule has 3 rings (SSSR count). The molecule has 1 fully saturated rings. The van der Waals surface area contributed by atoms with Gasteiger partial charge in [0.2, 0.25) is 0 Å². The fourth-order valence-electron chi connectivity index (χ4n) is 1.94. The van der Waals surface area contributed by atoms with Gasteiger partial charge in [0.1, 0.15) is 5.15 Å². The summed E-state index contributed by atoms with van der Waals surface area (Å²) in [5.41, 5.74) is 1.38. The van der Waals surface area contributed by atoms with Gasteiger partial charge in [-0.1, -0.05) is 28.4 Å². The Balaban J connectivity index is 1.78. The Morgan fingerprint density at radius 1 is 1.48 bits per heavy atom. The van der Waals surface area contributed by atoms with Gasteiger partial charge in [0.15, 0.2) is 10.8 Å². The lowest BCUT2D eigenvalue weighted by Gasteiger charge is -2.26. The summed E-state index contributed by atoms with van der Waals surface area (Å²) >= 11 is 11.8. The highest BCUT2D eigenvalue weighted by molar-refractivity contribution is 6.35. The van der Waals surface area contributed by atoms with Crippen LogP contribution in [0, 0.1) is 6.92 Å². The average Bonchev–Trinajstić information content (AvgIpc) is 2.80. The SMILES string of the molecule is Cc1cc(Cl)nc(Cl)c1NC(=O)c1cn(C2CNC2)nn1.